The molecular formula is C14H12ClN3S. The van der Waals surface area contributed by atoms with E-state index in [1.54, 1.807) is 11.3 Å². The molecule has 0 saturated carbocycles. The fourth-order valence-electron chi connectivity index (χ4n) is 1.92. The summed E-state index contributed by atoms with van der Waals surface area (Å²) >= 11 is 7.92. The van der Waals surface area contributed by atoms with Gasteiger partial charge in [-0.15, -0.1) is 11.3 Å². The van der Waals surface area contributed by atoms with E-state index in [-0.39, 0.29) is 0 Å². The normalized spacial score (nSPS) is 10.9. The maximum Gasteiger partial charge on any atom is 0.227 e. The average Bonchev–Trinajstić information content (AvgIpc) is 2.84. The first-order valence-electron chi connectivity index (χ1n) is 5.84. The summed E-state index contributed by atoms with van der Waals surface area (Å²) in [7, 11) is 3.81. The van der Waals surface area contributed by atoms with Gasteiger partial charge in [-0.25, -0.2) is 9.97 Å². The Kier molecular flexibility index (Phi) is 3.12. The van der Waals surface area contributed by atoms with Crippen LogP contribution in [0.5, 0.6) is 0 Å². The molecule has 0 bridgehead atoms. The van der Waals surface area contributed by atoms with Crippen molar-refractivity contribution in [1.82, 2.24) is 9.97 Å². The van der Waals surface area contributed by atoms with E-state index in [0.717, 1.165) is 21.3 Å². The van der Waals surface area contributed by atoms with Crippen molar-refractivity contribution in [1.29, 1.82) is 0 Å². The second kappa shape index (κ2) is 4.79. The molecule has 0 atom stereocenters. The first-order chi connectivity index (χ1) is 9.16. The Morgan fingerprint density at radius 1 is 1.11 bits per heavy atom. The Labute approximate surface area is 120 Å². The van der Waals surface area contributed by atoms with E-state index in [0.29, 0.717) is 11.1 Å². The summed E-state index contributed by atoms with van der Waals surface area (Å²) < 4.78 is 0. The van der Waals surface area contributed by atoms with Crippen molar-refractivity contribution in [2.45, 2.75) is 0 Å². The van der Waals surface area contributed by atoms with Crippen LogP contribution in [-0.2, 0) is 0 Å². The molecule has 0 aliphatic heterocycles. The van der Waals surface area contributed by atoms with E-state index in [4.69, 9.17) is 11.6 Å². The first-order valence-corrected chi connectivity index (χ1v) is 7.10. The molecule has 0 saturated heterocycles. The van der Waals surface area contributed by atoms with Gasteiger partial charge in [0.25, 0.3) is 0 Å². The van der Waals surface area contributed by atoms with Gasteiger partial charge in [0.1, 0.15) is 9.98 Å². The maximum atomic E-state index is 6.33. The van der Waals surface area contributed by atoms with Crippen molar-refractivity contribution < 1.29 is 0 Å². The molecule has 3 rings (SSSR count). The molecule has 0 aliphatic carbocycles. The van der Waals surface area contributed by atoms with Gasteiger partial charge in [0.05, 0.1) is 5.39 Å². The van der Waals surface area contributed by atoms with Gasteiger partial charge in [0.15, 0.2) is 0 Å². The van der Waals surface area contributed by atoms with Crippen LogP contribution >= 0.6 is 22.9 Å². The van der Waals surface area contributed by atoms with Crippen LogP contribution in [0.2, 0.25) is 5.15 Å². The Hall–Kier alpha value is -1.65. The highest BCUT2D eigenvalue weighted by atomic mass is 35.5. The summed E-state index contributed by atoms with van der Waals surface area (Å²) in [6.07, 6.45) is 0. The van der Waals surface area contributed by atoms with Gasteiger partial charge >= 0.3 is 0 Å². The molecule has 0 aliphatic rings. The Morgan fingerprint density at radius 2 is 1.84 bits per heavy atom. The molecule has 3 aromatic rings. The lowest BCUT2D eigenvalue weighted by atomic mass is 10.1. The number of nitrogens with zero attached hydrogens (tertiary/aromatic N) is 3. The number of benzene rings is 1. The third-order valence-corrected chi connectivity index (χ3v) is 4.01. The first kappa shape index (κ1) is 12.4. The highest BCUT2D eigenvalue weighted by Crippen LogP contribution is 2.37. The van der Waals surface area contributed by atoms with Gasteiger partial charge in [-0.2, -0.15) is 0 Å². The fraction of sp³-hybridized carbons (Fsp3) is 0.143. The number of hydrogen-bond acceptors (Lipinski definition) is 4. The fourth-order valence-corrected chi connectivity index (χ4v) is 3.18. The molecular weight excluding hydrogens is 278 g/mol. The molecule has 19 heavy (non-hydrogen) atoms. The van der Waals surface area contributed by atoms with Crippen molar-refractivity contribution in [2.24, 2.45) is 0 Å². The number of aromatic nitrogens is 2. The molecule has 2 heterocycles. The predicted octanol–water partition coefficient (Wildman–Crippen LogP) is 4.08. The third-order valence-electron chi connectivity index (χ3n) is 2.86. The number of hydrogen-bond donors (Lipinski definition) is 0. The van der Waals surface area contributed by atoms with E-state index in [1.807, 2.05) is 37.2 Å². The zero-order valence-electron chi connectivity index (χ0n) is 10.6. The zero-order valence-corrected chi connectivity index (χ0v) is 12.2. The SMILES string of the molecule is CN(C)c1nc(Cl)c2c(-c3ccccc3)csc2n1. The topological polar surface area (TPSA) is 29.0 Å². The van der Waals surface area contributed by atoms with Gasteiger partial charge in [0.2, 0.25) is 5.95 Å². The van der Waals surface area contributed by atoms with Crippen molar-refractivity contribution >= 4 is 39.1 Å². The standard InChI is InChI=1S/C14H12ClN3S/c1-18(2)14-16-12(15)11-10(8-19-13(11)17-14)9-6-4-3-5-7-9/h3-8H,1-2H3. The lowest BCUT2D eigenvalue weighted by molar-refractivity contribution is 1.02. The molecule has 0 N–H and O–H groups in total. The molecule has 2 aromatic heterocycles. The van der Waals surface area contributed by atoms with E-state index < -0.39 is 0 Å². The van der Waals surface area contributed by atoms with Gasteiger partial charge in [-0.3, -0.25) is 0 Å². The van der Waals surface area contributed by atoms with Crippen LogP contribution in [-0.4, -0.2) is 24.1 Å². The largest absolute Gasteiger partial charge is 0.347 e. The monoisotopic (exact) mass is 289 g/mol. The van der Waals surface area contributed by atoms with E-state index in [9.17, 15) is 0 Å². The van der Waals surface area contributed by atoms with Gasteiger partial charge in [-0.05, 0) is 5.56 Å². The van der Waals surface area contributed by atoms with Crippen LogP contribution in [0.4, 0.5) is 5.95 Å². The van der Waals surface area contributed by atoms with Crippen LogP contribution in [0.25, 0.3) is 21.3 Å². The second-order valence-electron chi connectivity index (χ2n) is 4.40. The van der Waals surface area contributed by atoms with Crippen LogP contribution in [0, 0.1) is 0 Å². The van der Waals surface area contributed by atoms with Crippen molar-refractivity contribution in [3.63, 3.8) is 0 Å². The minimum Gasteiger partial charge on any atom is -0.347 e. The highest BCUT2D eigenvalue weighted by molar-refractivity contribution is 7.17. The molecule has 0 radical (unpaired) electrons. The Morgan fingerprint density at radius 3 is 2.53 bits per heavy atom. The molecule has 0 spiro atoms. The maximum absolute atomic E-state index is 6.33. The minimum absolute atomic E-state index is 0.508. The van der Waals surface area contributed by atoms with Crippen molar-refractivity contribution in [2.75, 3.05) is 19.0 Å². The van der Waals surface area contributed by atoms with Gasteiger partial charge in [0, 0.05) is 25.0 Å². The molecule has 0 amide bonds. The lowest BCUT2D eigenvalue weighted by Gasteiger charge is -2.10. The molecule has 5 heteroatoms. The second-order valence-corrected chi connectivity index (χ2v) is 5.62. The van der Waals surface area contributed by atoms with Crippen molar-refractivity contribution in [3.05, 3.63) is 40.9 Å². The van der Waals surface area contributed by atoms with Gasteiger partial charge < -0.3 is 4.90 Å². The molecule has 0 unspecified atom stereocenters. The van der Waals surface area contributed by atoms with E-state index in [1.165, 1.54) is 0 Å². The molecule has 0 fully saturated rings. The predicted molar refractivity (Wildman–Crippen MR) is 82.2 cm³/mol. The highest BCUT2D eigenvalue weighted by Gasteiger charge is 2.14. The van der Waals surface area contributed by atoms with E-state index in [2.05, 4.69) is 27.5 Å². The van der Waals surface area contributed by atoms with E-state index >= 15 is 0 Å². The minimum atomic E-state index is 0.508. The smallest absolute Gasteiger partial charge is 0.227 e. The number of anilines is 1. The molecule has 1 aromatic carbocycles. The summed E-state index contributed by atoms with van der Waals surface area (Å²) in [5, 5.41) is 3.53. The van der Waals surface area contributed by atoms with Crippen LogP contribution < -0.4 is 4.90 Å². The Balaban J connectivity index is 2.24. The summed E-state index contributed by atoms with van der Waals surface area (Å²) in [6, 6.07) is 10.2. The van der Waals surface area contributed by atoms with Crippen molar-refractivity contribution in [3.8, 4) is 11.1 Å². The summed E-state index contributed by atoms with van der Waals surface area (Å²) in [5.41, 5.74) is 2.23. The number of rotatable bonds is 2. The quantitative estimate of drug-likeness (QED) is 0.666. The number of halogens is 1. The summed E-state index contributed by atoms with van der Waals surface area (Å²) in [6.45, 7) is 0. The third kappa shape index (κ3) is 2.17. The average molecular weight is 290 g/mol. The zero-order chi connectivity index (χ0) is 13.4. The van der Waals surface area contributed by atoms with Crippen LogP contribution in [0.1, 0.15) is 0 Å². The molecule has 96 valence electrons. The van der Waals surface area contributed by atoms with Gasteiger partial charge in [-0.1, -0.05) is 41.9 Å². The number of thiophene rings is 1. The molecule has 3 nitrogen and oxygen atoms in total. The summed E-state index contributed by atoms with van der Waals surface area (Å²) in [5.74, 6) is 0.638. The Bertz CT molecular complexity index is 722. The van der Waals surface area contributed by atoms with Crippen LogP contribution in [0.15, 0.2) is 35.7 Å². The summed E-state index contributed by atoms with van der Waals surface area (Å²) in [4.78, 5) is 11.7. The van der Waals surface area contributed by atoms with Crippen LogP contribution in [0.3, 0.4) is 0 Å². The lowest BCUT2D eigenvalue weighted by Crippen LogP contribution is -2.12. The number of fused-ring (bicyclic) bond motifs is 1.